The van der Waals surface area contributed by atoms with Crippen molar-refractivity contribution in [2.75, 3.05) is 0 Å². The van der Waals surface area contributed by atoms with Gasteiger partial charge in [-0.25, -0.2) is 0 Å². The van der Waals surface area contributed by atoms with E-state index >= 15 is 0 Å². The Morgan fingerprint density at radius 3 is 1.41 bits per heavy atom. The Hall–Kier alpha value is -2.63. The van der Waals surface area contributed by atoms with Gasteiger partial charge in [-0.15, -0.1) is 0 Å². The average molecular weight is 583 g/mol. The lowest BCUT2D eigenvalue weighted by Gasteiger charge is -2.05. The Kier molecular flexibility index (Phi) is 18.0. The molecule has 0 aliphatic carbocycles. The minimum atomic E-state index is -4.50. The van der Waals surface area contributed by atoms with Gasteiger partial charge in [-0.05, 0) is 137 Å². The molecule has 0 spiro atoms. The third-order valence-corrected chi connectivity index (χ3v) is 7.41. The maximum atomic E-state index is 10.9. The molecule has 0 unspecified atom stereocenters. The number of rotatable bonds is 19. The van der Waals surface area contributed by atoms with Crippen LogP contribution in [-0.2, 0) is 16.8 Å². The van der Waals surface area contributed by atoms with Crippen molar-refractivity contribution >= 4 is 10.4 Å². The Morgan fingerprint density at radius 1 is 0.634 bits per heavy atom. The van der Waals surface area contributed by atoms with E-state index in [1.54, 1.807) is 12.1 Å². The van der Waals surface area contributed by atoms with Gasteiger partial charge in [0.05, 0.1) is 0 Å². The van der Waals surface area contributed by atoms with E-state index in [-0.39, 0.29) is 5.75 Å². The van der Waals surface area contributed by atoms with E-state index in [4.69, 9.17) is 4.55 Å². The van der Waals surface area contributed by atoms with Crippen molar-refractivity contribution in [3.05, 3.63) is 99.7 Å². The van der Waals surface area contributed by atoms with Gasteiger partial charge >= 0.3 is 10.4 Å². The maximum Gasteiger partial charge on any atom is 0.446 e. The molecule has 0 aromatic heterocycles. The minimum absolute atomic E-state index is 0.116. The smallest absolute Gasteiger partial charge is 0.362 e. The summed E-state index contributed by atoms with van der Waals surface area (Å²) in [6, 6.07) is 6.76. The SMILES string of the molecule is CC(C)=CCC/C(C)=C/CC/C(C)=C/CC/C(C)=C/CC/C(C)=C/CC/C(C)=C/Cc1cccc(OS(=O)(=O)O)c1. The van der Waals surface area contributed by atoms with Crippen molar-refractivity contribution in [2.24, 2.45) is 0 Å². The van der Waals surface area contributed by atoms with Crippen molar-refractivity contribution in [3.63, 3.8) is 0 Å². The molecule has 1 aromatic rings. The van der Waals surface area contributed by atoms with Crippen LogP contribution in [0, 0.1) is 0 Å². The molecule has 0 bridgehead atoms. The number of hydrogen-bond donors (Lipinski definition) is 1. The molecule has 1 aromatic carbocycles. The third-order valence-electron chi connectivity index (χ3n) is 7.00. The van der Waals surface area contributed by atoms with Crippen LogP contribution in [0.15, 0.2) is 94.2 Å². The lowest BCUT2D eigenvalue weighted by molar-refractivity contribution is 0.386. The second-order valence-corrected chi connectivity index (χ2v) is 12.6. The molecule has 228 valence electrons. The Morgan fingerprint density at radius 2 is 1.02 bits per heavy atom. The highest BCUT2D eigenvalue weighted by molar-refractivity contribution is 7.81. The molecule has 0 radical (unpaired) electrons. The van der Waals surface area contributed by atoms with Crippen LogP contribution in [0.4, 0.5) is 0 Å². The van der Waals surface area contributed by atoms with E-state index in [1.807, 2.05) is 6.07 Å². The largest absolute Gasteiger partial charge is 0.446 e. The van der Waals surface area contributed by atoms with E-state index in [0.717, 1.165) is 63.4 Å². The van der Waals surface area contributed by atoms with Gasteiger partial charge < -0.3 is 4.18 Å². The summed E-state index contributed by atoms with van der Waals surface area (Å²) in [6.07, 6.45) is 25.8. The Labute approximate surface area is 251 Å². The number of benzene rings is 1. The first-order valence-corrected chi connectivity index (χ1v) is 16.4. The molecule has 0 atom stereocenters. The van der Waals surface area contributed by atoms with Crippen LogP contribution >= 0.6 is 0 Å². The van der Waals surface area contributed by atoms with Crippen molar-refractivity contribution in [1.29, 1.82) is 0 Å². The predicted octanol–water partition coefficient (Wildman–Crippen LogP) is 11.0. The predicted molar refractivity (Wildman–Crippen MR) is 177 cm³/mol. The summed E-state index contributed by atoms with van der Waals surface area (Å²) in [7, 11) is -4.50. The van der Waals surface area contributed by atoms with Crippen molar-refractivity contribution < 1.29 is 17.2 Å². The first-order chi connectivity index (χ1) is 19.3. The molecule has 0 amide bonds. The van der Waals surface area contributed by atoms with E-state index in [2.05, 4.69) is 89.1 Å². The van der Waals surface area contributed by atoms with Crippen LogP contribution in [0.3, 0.4) is 0 Å². The normalized spacial score (nSPS) is 13.9. The summed E-state index contributed by atoms with van der Waals surface area (Å²) in [5.41, 5.74) is 9.52. The average Bonchev–Trinajstić information content (AvgIpc) is 2.86. The number of hydrogen-bond acceptors (Lipinski definition) is 3. The van der Waals surface area contributed by atoms with Gasteiger partial charge in [0.1, 0.15) is 5.75 Å². The van der Waals surface area contributed by atoms with Crippen molar-refractivity contribution in [3.8, 4) is 5.75 Å². The fourth-order valence-electron chi connectivity index (χ4n) is 4.42. The second kappa shape index (κ2) is 20.3. The topological polar surface area (TPSA) is 63.6 Å². The lowest BCUT2D eigenvalue weighted by atomic mass is 10.0. The quantitative estimate of drug-likeness (QED) is 0.130. The standard InChI is InChI=1S/C36H54O4S/c1-29(2)14-8-15-30(3)16-9-17-31(4)18-10-19-32(5)20-11-21-33(6)22-12-23-34(7)26-27-35-24-13-25-36(28-35)40-41(37,38)39/h13-14,16,18,20,22,24-26,28H,8-12,15,17,19,21,23,27H2,1-7H3,(H,37,38,39)/b30-16+,31-18+,32-20+,33-22+,34-26+. The molecule has 1 N–H and O–H groups in total. The van der Waals surface area contributed by atoms with Gasteiger partial charge in [-0.3, -0.25) is 4.55 Å². The van der Waals surface area contributed by atoms with Crippen LogP contribution in [0.25, 0.3) is 0 Å². The molecule has 0 saturated heterocycles. The summed E-state index contributed by atoms with van der Waals surface area (Å²) in [6.45, 7) is 15.4. The van der Waals surface area contributed by atoms with Crippen LogP contribution in [-0.4, -0.2) is 13.0 Å². The fraction of sp³-hybridized carbons (Fsp3) is 0.500. The van der Waals surface area contributed by atoms with Gasteiger partial charge in [0.25, 0.3) is 0 Å². The Balaban J connectivity index is 2.32. The highest BCUT2D eigenvalue weighted by Gasteiger charge is 2.06. The van der Waals surface area contributed by atoms with Crippen molar-refractivity contribution in [1.82, 2.24) is 0 Å². The lowest BCUT2D eigenvalue weighted by Crippen LogP contribution is -2.06. The van der Waals surface area contributed by atoms with Gasteiger partial charge in [0, 0.05) is 0 Å². The molecule has 0 aliphatic rings. The molecular weight excluding hydrogens is 528 g/mol. The third kappa shape index (κ3) is 20.8. The fourth-order valence-corrected chi connectivity index (χ4v) is 4.77. The van der Waals surface area contributed by atoms with E-state index in [0.29, 0.717) is 6.42 Å². The first-order valence-electron chi connectivity index (χ1n) is 15.0. The molecular formula is C36H54O4S. The first kappa shape index (κ1) is 36.4. The Bertz CT molecular complexity index is 1220. The number of allylic oxidation sites excluding steroid dienone is 12. The van der Waals surface area contributed by atoms with Gasteiger partial charge in [0.15, 0.2) is 0 Å². The highest BCUT2D eigenvalue weighted by atomic mass is 32.3. The molecule has 41 heavy (non-hydrogen) atoms. The van der Waals surface area contributed by atoms with Gasteiger partial charge in [-0.2, -0.15) is 8.42 Å². The van der Waals surface area contributed by atoms with Crippen molar-refractivity contribution in [2.45, 2.75) is 119 Å². The molecule has 0 saturated carbocycles. The van der Waals surface area contributed by atoms with Crippen LogP contribution < -0.4 is 4.18 Å². The van der Waals surface area contributed by atoms with E-state index in [1.165, 1.54) is 45.9 Å². The molecule has 4 nitrogen and oxygen atoms in total. The van der Waals surface area contributed by atoms with E-state index < -0.39 is 10.4 Å². The zero-order chi connectivity index (χ0) is 30.7. The molecule has 1 rings (SSSR count). The molecule has 0 aliphatic heterocycles. The van der Waals surface area contributed by atoms with Crippen LogP contribution in [0.1, 0.15) is 118 Å². The van der Waals surface area contributed by atoms with E-state index in [9.17, 15) is 8.42 Å². The zero-order valence-corrected chi connectivity index (χ0v) is 27.4. The minimum Gasteiger partial charge on any atom is -0.362 e. The van der Waals surface area contributed by atoms with Crippen LogP contribution in [0.2, 0.25) is 0 Å². The summed E-state index contributed by atoms with van der Waals surface area (Å²) in [4.78, 5) is 0. The van der Waals surface area contributed by atoms with Crippen LogP contribution in [0.5, 0.6) is 5.75 Å². The summed E-state index contributed by atoms with van der Waals surface area (Å²) >= 11 is 0. The molecule has 5 heteroatoms. The summed E-state index contributed by atoms with van der Waals surface area (Å²) in [5.74, 6) is 0.116. The maximum absolute atomic E-state index is 10.9. The summed E-state index contributed by atoms with van der Waals surface area (Å²) in [5, 5.41) is 0. The highest BCUT2D eigenvalue weighted by Crippen LogP contribution is 2.18. The van der Waals surface area contributed by atoms with Gasteiger partial charge in [0.2, 0.25) is 0 Å². The molecule has 0 heterocycles. The molecule has 0 fully saturated rings. The summed E-state index contributed by atoms with van der Waals surface area (Å²) < 4.78 is 35.2. The zero-order valence-electron chi connectivity index (χ0n) is 26.6. The van der Waals surface area contributed by atoms with Gasteiger partial charge in [-0.1, -0.05) is 82.0 Å². The monoisotopic (exact) mass is 582 g/mol. The second-order valence-electron chi connectivity index (χ2n) is 11.6.